The van der Waals surface area contributed by atoms with Crippen molar-refractivity contribution in [3.05, 3.63) is 65.7 Å². The van der Waals surface area contributed by atoms with Crippen LogP contribution in [0.1, 0.15) is 11.1 Å². The van der Waals surface area contributed by atoms with E-state index in [1.807, 2.05) is 54.4 Å². The number of phenolic OH excluding ortho intramolecular Hbond substituents is 1. The zero-order valence-electron chi connectivity index (χ0n) is 12.9. The van der Waals surface area contributed by atoms with Gasteiger partial charge in [-0.15, -0.1) is 0 Å². The first-order valence-electron chi connectivity index (χ1n) is 7.20. The van der Waals surface area contributed by atoms with E-state index in [0.29, 0.717) is 13.0 Å². The number of nitrogens with zero attached hydrogens (tertiary/aromatic N) is 1. The van der Waals surface area contributed by atoms with Crippen molar-refractivity contribution in [3.63, 3.8) is 0 Å². The van der Waals surface area contributed by atoms with Crippen molar-refractivity contribution in [3.8, 4) is 5.75 Å². The summed E-state index contributed by atoms with van der Waals surface area (Å²) in [5.41, 5.74) is 2.12. The summed E-state index contributed by atoms with van der Waals surface area (Å²) in [6.07, 6.45) is 0.538. The van der Waals surface area contributed by atoms with Crippen LogP contribution >= 0.6 is 0 Å². The van der Waals surface area contributed by atoms with E-state index >= 15 is 0 Å². The van der Waals surface area contributed by atoms with Crippen LogP contribution in [-0.4, -0.2) is 36.2 Å². The molecule has 2 rings (SSSR count). The minimum atomic E-state index is -0.366. The Morgan fingerprint density at radius 1 is 1.09 bits per heavy atom. The lowest BCUT2D eigenvalue weighted by molar-refractivity contribution is -0.146. The molecule has 0 aliphatic rings. The van der Waals surface area contributed by atoms with Gasteiger partial charge in [-0.25, -0.2) is 0 Å². The average molecular weight is 299 g/mol. The number of phenols is 1. The first kappa shape index (κ1) is 16.0. The molecule has 0 unspecified atom stereocenters. The zero-order valence-corrected chi connectivity index (χ0v) is 12.9. The molecule has 0 aliphatic heterocycles. The second kappa shape index (κ2) is 7.61. The molecule has 0 saturated heterocycles. The number of hydrogen-bond acceptors (Lipinski definition) is 4. The molecule has 0 aromatic heterocycles. The number of esters is 1. The van der Waals surface area contributed by atoms with Crippen LogP contribution in [0.3, 0.4) is 0 Å². The Hall–Kier alpha value is -2.33. The molecular weight excluding hydrogens is 278 g/mol. The molecule has 0 aliphatic carbocycles. The highest BCUT2D eigenvalue weighted by molar-refractivity contribution is 5.76. The summed E-state index contributed by atoms with van der Waals surface area (Å²) in [6, 6.07) is 16.5. The van der Waals surface area contributed by atoms with Crippen molar-refractivity contribution in [1.82, 2.24) is 4.90 Å². The highest BCUT2D eigenvalue weighted by atomic mass is 16.5. The van der Waals surface area contributed by atoms with Crippen LogP contribution in [0.25, 0.3) is 0 Å². The summed E-state index contributed by atoms with van der Waals surface area (Å²) < 4.78 is 4.94. The fourth-order valence-corrected chi connectivity index (χ4v) is 2.39. The van der Waals surface area contributed by atoms with Gasteiger partial charge in [-0.1, -0.05) is 42.5 Å². The van der Waals surface area contributed by atoms with Gasteiger partial charge in [-0.2, -0.15) is 0 Å². The highest BCUT2D eigenvalue weighted by Gasteiger charge is 2.24. The smallest absolute Gasteiger partial charge is 0.323 e. The van der Waals surface area contributed by atoms with E-state index in [0.717, 1.165) is 11.1 Å². The Bertz CT molecular complexity index is 595. The summed E-state index contributed by atoms with van der Waals surface area (Å²) in [5.74, 6) is -0.0393. The summed E-state index contributed by atoms with van der Waals surface area (Å²) in [5, 5.41) is 9.35. The molecule has 0 bridgehead atoms. The third-order valence-electron chi connectivity index (χ3n) is 3.65. The van der Waals surface area contributed by atoms with Gasteiger partial charge in [0.15, 0.2) is 0 Å². The number of carbonyl (C=O) groups excluding carboxylic acids is 1. The van der Waals surface area contributed by atoms with Gasteiger partial charge >= 0.3 is 5.97 Å². The van der Waals surface area contributed by atoms with Crippen molar-refractivity contribution in [2.24, 2.45) is 0 Å². The predicted octanol–water partition coefficient (Wildman–Crippen LogP) is 2.61. The number of rotatable bonds is 6. The zero-order chi connectivity index (χ0) is 15.9. The molecular formula is C18H21NO3. The number of likely N-dealkylation sites (N-methyl/N-ethyl adjacent to an activating group) is 1. The van der Waals surface area contributed by atoms with Crippen molar-refractivity contribution in [1.29, 1.82) is 0 Å². The molecule has 0 amide bonds. The number of hydrogen-bond donors (Lipinski definition) is 1. The molecule has 0 fully saturated rings. The fraction of sp³-hybridized carbons (Fsp3) is 0.278. The third kappa shape index (κ3) is 4.33. The van der Waals surface area contributed by atoms with Crippen molar-refractivity contribution in [2.75, 3.05) is 14.2 Å². The van der Waals surface area contributed by atoms with Crippen molar-refractivity contribution >= 4 is 5.97 Å². The lowest BCUT2D eigenvalue weighted by Crippen LogP contribution is -2.40. The fourth-order valence-electron chi connectivity index (χ4n) is 2.39. The van der Waals surface area contributed by atoms with Crippen LogP contribution in [0.15, 0.2) is 54.6 Å². The van der Waals surface area contributed by atoms with E-state index in [4.69, 9.17) is 4.74 Å². The van der Waals surface area contributed by atoms with Crippen LogP contribution < -0.4 is 0 Å². The lowest BCUT2D eigenvalue weighted by atomic mass is 10.0. The van der Waals surface area contributed by atoms with Gasteiger partial charge in [0.05, 0.1) is 7.11 Å². The molecule has 4 nitrogen and oxygen atoms in total. The highest BCUT2D eigenvalue weighted by Crippen LogP contribution is 2.15. The maximum atomic E-state index is 12.1. The van der Waals surface area contributed by atoms with Crippen LogP contribution in [0.4, 0.5) is 0 Å². The molecule has 1 atom stereocenters. The van der Waals surface area contributed by atoms with Gasteiger partial charge in [0.2, 0.25) is 0 Å². The van der Waals surface area contributed by atoms with E-state index in [-0.39, 0.29) is 17.8 Å². The first-order chi connectivity index (χ1) is 10.6. The summed E-state index contributed by atoms with van der Waals surface area (Å²) in [4.78, 5) is 14.1. The largest absolute Gasteiger partial charge is 0.508 e. The average Bonchev–Trinajstić information content (AvgIpc) is 2.54. The molecule has 0 saturated carbocycles. The minimum Gasteiger partial charge on any atom is -0.508 e. The summed E-state index contributed by atoms with van der Waals surface area (Å²) >= 11 is 0. The van der Waals surface area contributed by atoms with Crippen LogP contribution in [-0.2, 0) is 22.5 Å². The van der Waals surface area contributed by atoms with Gasteiger partial charge in [0.1, 0.15) is 11.8 Å². The SMILES string of the molecule is COC(=O)[C@@H](Cc1ccc(O)cc1)N(C)Cc1ccccc1. The second-order valence-electron chi connectivity index (χ2n) is 5.31. The van der Waals surface area contributed by atoms with Gasteiger partial charge in [0.25, 0.3) is 0 Å². The first-order valence-corrected chi connectivity index (χ1v) is 7.20. The topological polar surface area (TPSA) is 49.8 Å². The number of carbonyl (C=O) groups is 1. The van der Waals surface area contributed by atoms with E-state index in [2.05, 4.69) is 0 Å². The molecule has 4 heteroatoms. The Morgan fingerprint density at radius 2 is 1.73 bits per heavy atom. The number of aromatic hydroxyl groups is 1. The maximum Gasteiger partial charge on any atom is 0.323 e. The normalized spacial score (nSPS) is 12.1. The van der Waals surface area contributed by atoms with Gasteiger partial charge < -0.3 is 9.84 Å². The Labute approximate surface area is 131 Å². The molecule has 2 aromatic carbocycles. The van der Waals surface area contributed by atoms with Gasteiger partial charge in [-0.3, -0.25) is 9.69 Å². The monoisotopic (exact) mass is 299 g/mol. The van der Waals surface area contributed by atoms with E-state index in [1.165, 1.54) is 7.11 Å². The Kier molecular flexibility index (Phi) is 5.55. The molecule has 0 heterocycles. The molecule has 116 valence electrons. The molecule has 1 N–H and O–H groups in total. The van der Waals surface area contributed by atoms with Crippen molar-refractivity contribution < 1.29 is 14.6 Å². The minimum absolute atomic E-state index is 0.219. The van der Waals surface area contributed by atoms with Crippen LogP contribution in [0.5, 0.6) is 5.75 Å². The quantitative estimate of drug-likeness (QED) is 0.833. The van der Waals surface area contributed by atoms with Crippen LogP contribution in [0, 0.1) is 0 Å². The lowest BCUT2D eigenvalue weighted by Gasteiger charge is -2.26. The van der Waals surface area contributed by atoms with Gasteiger partial charge in [0, 0.05) is 6.54 Å². The summed E-state index contributed by atoms with van der Waals surface area (Å²) in [6.45, 7) is 0.665. The number of benzene rings is 2. The second-order valence-corrected chi connectivity index (χ2v) is 5.31. The number of ether oxygens (including phenoxy) is 1. The number of methoxy groups -OCH3 is 1. The van der Waals surface area contributed by atoms with E-state index in [1.54, 1.807) is 12.1 Å². The Balaban J connectivity index is 2.11. The van der Waals surface area contributed by atoms with Crippen LogP contribution in [0.2, 0.25) is 0 Å². The van der Waals surface area contributed by atoms with Crippen molar-refractivity contribution in [2.45, 2.75) is 19.0 Å². The van der Waals surface area contributed by atoms with E-state index < -0.39 is 0 Å². The maximum absolute atomic E-state index is 12.1. The van der Waals surface area contributed by atoms with Gasteiger partial charge in [-0.05, 0) is 36.7 Å². The molecule has 0 spiro atoms. The standard InChI is InChI=1S/C18H21NO3/c1-19(13-15-6-4-3-5-7-15)17(18(21)22-2)12-14-8-10-16(20)11-9-14/h3-11,17,20H,12-13H2,1-2H3/t17-/m1/s1. The third-order valence-corrected chi connectivity index (χ3v) is 3.65. The predicted molar refractivity (Wildman–Crippen MR) is 85.5 cm³/mol. The molecule has 2 aromatic rings. The Morgan fingerprint density at radius 3 is 2.32 bits per heavy atom. The molecule has 22 heavy (non-hydrogen) atoms. The van der Waals surface area contributed by atoms with E-state index in [9.17, 15) is 9.90 Å². The molecule has 0 radical (unpaired) electrons. The summed E-state index contributed by atoms with van der Waals surface area (Å²) in [7, 11) is 3.32.